The standard InChI is InChI=1S/C24H26O6/c1-11(2)7-8-13-9-15(26)21(28-6)23-17(13)20(27)18-14(25)10-16-19(22(18)30-23)24(4,5)12(3)29-16/h7,9-10,12,25-26H,8H2,1-6H3/t12-/m1/s1. The molecule has 0 aliphatic carbocycles. The number of fused-ring (bicyclic) bond motifs is 4. The predicted molar refractivity (Wildman–Crippen MR) is 116 cm³/mol. The molecule has 0 spiro atoms. The third-order valence-electron chi connectivity index (χ3n) is 6.08. The van der Waals surface area contributed by atoms with Crippen molar-refractivity contribution in [3.05, 3.63) is 45.1 Å². The Hall–Kier alpha value is -3.15. The molecule has 6 heteroatoms. The van der Waals surface area contributed by atoms with Crippen molar-refractivity contribution < 1.29 is 24.1 Å². The van der Waals surface area contributed by atoms with E-state index >= 15 is 0 Å². The lowest BCUT2D eigenvalue weighted by atomic mass is 9.80. The van der Waals surface area contributed by atoms with Gasteiger partial charge in [-0.15, -0.1) is 0 Å². The number of rotatable bonds is 3. The Labute approximate surface area is 174 Å². The van der Waals surface area contributed by atoms with Crippen molar-refractivity contribution in [3.63, 3.8) is 0 Å². The molecular formula is C24H26O6. The lowest BCUT2D eigenvalue weighted by Crippen LogP contribution is -2.29. The molecule has 0 saturated carbocycles. The number of methoxy groups -OCH3 is 1. The highest BCUT2D eigenvalue weighted by Gasteiger charge is 2.42. The zero-order valence-electron chi connectivity index (χ0n) is 18.0. The minimum Gasteiger partial charge on any atom is -0.507 e. The second kappa shape index (κ2) is 6.69. The normalized spacial score (nSPS) is 17.1. The maximum absolute atomic E-state index is 13.6. The molecule has 2 aromatic carbocycles. The first-order valence-electron chi connectivity index (χ1n) is 9.93. The summed E-state index contributed by atoms with van der Waals surface area (Å²) in [6.07, 6.45) is 2.23. The summed E-state index contributed by atoms with van der Waals surface area (Å²) in [5, 5.41) is 21.6. The van der Waals surface area contributed by atoms with E-state index in [0.717, 1.165) is 11.1 Å². The van der Waals surface area contributed by atoms with Crippen LogP contribution < -0.4 is 14.9 Å². The van der Waals surface area contributed by atoms with E-state index in [0.29, 0.717) is 17.7 Å². The van der Waals surface area contributed by atoms with Crippen molar-refractivity contribution in [2.75, 3.05) is 7.11 Å². The van der Waals surface area contributed by atoms with Gasteiger partial charge >= 0.3 is 0 Å². The molecule has 2 N–H and O–H groups in total. The Balaban J connectivity index is 2.22. The fourth-order valence-corrected chi connectivity index (χ4v) is 4.11. The van der Waals surface area contributed by atoms with E-state index in [1.54, 1.807) is 0 Å². The first-order valence-corrected chi connectivity index (χ1v) is 9.93. The number of ether oxygens (including phenoxy) is 2. The Morgan fingerprint density at radius 3 is 2.50 bits per heavy atom. The molecule has 158 valence electrons. The molecule has 0 fully saturated rings. The average Bonchev–Trinajstić information content (AvgIpc) is 2.87. The van der Waals surface area contributed by atoms with Crippen LogP contribution in [-0.4, -0.2) is 23.4 Å². The van der Waals surface area contributed by atoms with Crippen LogP contribution in [0.25, 0.3) is 21.9 Å². The SMILES string of the molecule is COc1c(O)cc(CC=C(C)C)c2c(=O)c3c(O)cc4c(c3oc12)C(C)(C)[C@@H](C)O4. The highest BCUT2D eigenvalue weighted by molar-refractivity contribution is 6.00. The number of phenols is 2. The monoisotopic (exact) mass is 410 g/mol. The van der Waals surface area contributed by atoms with Gasteiger partial charge in [-0.3, -0.25) is 4.79 Å². The third kappa shape index (κ3) is 2.74. The smallest absolute Gasteiger partial charge is 0.204 e. The van der Waals surface area contributed by atoms with Gasteiger partial charge < -0.3 is 24.1 Å². The molecule has 0 saturated heterocycles. The minimum absolute atomic E-state index is 0.0896. The molecule has 2 heterocycles. The van der Waals surface area contributed by atoms with Crippen molar-refractivity contribution in [3.8, 4) is 23.0 Å². The Kier molecular flexibility index (Phi) is 4.49. The first-order chi connectivity index (χ1) is 14.1. The molecule has 6 nitrogen and oxygen atoms in total. The highest BCUT2D eigenvalue weighted by atomic mass is 16.5. The van der Waals surface area contributed by atoms with E-state index in [1.807, 2.05) is 40.7 Å². The van der Waals surface area contributed by atoms with Gasteiger partial charge in [0.1, 0.15) is 28.6 Å². The number of benzene rings is 2. The van der Waals surface area contributed by atoms with Crippen LogP contribution in [0, 0.1) is 0 Å². The third-order valence-corrected chi connectivity index (χ3v) is 6.08. The zero-order chi connectivity index (χ0) is 22.0. The van der Waals surface area contributed by atoms with Crippen molar-refractivity contribution >= 4 is 21.9 Å². The second-order valence-electron chi connectivity index (χ2n) is 8.66. The summed E-state index contributed by atoms with van der Waals surface area (Å²) >= 11 is 0. The maximum Gasteiger partial charge on any atom is 0.204 e. The molecule has 30 heavy (non-hydrogen) atoms. The molecule has 1 aliphatic rings. The number of phenolic OH excluding ortho intramolecular Hbond substituents is 2. The van der Waals surface area contributed by atoms with Gasteiger partial charge in [-0.1, -0.05) is 25.5 Å². The molecule has 0 bridgehead atoms. The van der Waals surface area contributed by atoms with Crippen LogP contribution in [0.3, 0.4) is 0 Å². The van der Waals surface area contributed by atoms with Gasteiger partial charge in [0.2, 0.25) is 11.2 Å². The van der Waals surface area contributed by atoms with Gasteiger partial charge in [0, 0.05) is 17.0 Å². The number of allylic oxidation sites excluding steroid dienone is 2. The zero-order valence-corrected chi connectivity index (χ0v) is 18.0. The summed E-state index contributed by atoms with van der Waals surface area (Å²) in [6.45, 7) is 9.86. The number of hydrogen-bond acceptors (Lipinski definition) is 6. The van der Waals surface area contributed by atoms with Crippen LogP contribution in [0.15, 0.2) is 33.0 Å². The summed E-state index contributed by atoms with van der Waals surface area (Å²) < 4.78 is 17.5. The summed E-state index contributed by atoms with van der Waals surface area (Å²) in [5.41, 5.74) is 2.01. The molecule has 0 unspecified atom stereocenters. The Morgan fingerprint density at radius 2 is 1.87 bits per heavy atom. The number of hydrogen-bond donors (Lipinski definition) is 2. The molecule has 3 aromatic rings. The van der Waals surface area contributed by atoms with Crippen molar-refractivity contribution in [2.24, 2.45) is 0 Å². The molecular weight excluding hydrogens is 384 g/mol. The molecule has 0 amide bonds. The lowest BCUT2D eigenvalue weighted by Gasteiger charge is -2.22. The predicted octanol–water partition coefficient (Wildman–Crippen LogP) is 4.93. The quantitative estimate of drug-likeness (QED) is 0.470. The van der Waals surface area contributed by atoms with Crippen LogP contribution in [0.1, 0.15) is 45.7 Å². The molecule has 0 radical (unpaired) electrons. The van der Waals surface area contributed by atoms with Crippen molar-refractivity contribution in [1.29, 1.82) is 0 Å². The first kappa shape index (κ1) is 20.1. The fraction of sp³-hybridized carbons (Fsp3) is 0.375. The van der Waals surface area contributed by atoms with E-state index in [9.17, 15) is 15.0 Å². The number of aromatic hydroxyl groups is 2. The summed E-state index contributed by atoms with van der Waals surface area (Å²) in [4.78, 5) is 13.6. The summed E-state index contributed by atoms with van der Waals surface area (Å²) in [7, 11) is 1.41. The fourth-order valence-electron chi connectivity index (χ4n) is 4.11. The molecule has 1 atom stereocenters. The summed E-state index contributed by atoms with van der Waals surface area (Å²) in [5.74, 6) is 0.283. The lowest BCUT2D eigenvalue weighted by molar-refractivity contribution is 0.185. The van der Waals surface area contributed by atoms with Gasteiger partial charge in [-0.2, -0.15) is 0 Å². The molecule has 1 aromatic heterocycles. The summed E-state index contributed by atoms with van der Waals surface area (Å²) in [6, 6.07) is 3.00. The van der Waals surface area contributed by atoms with E-state index < -0.39 is 5.41 Å². The Morgan fingerprint density at radius 1 is 1.17 bits per heavy atom. The van der Waals surface area contributed by atoms with Crippen LogP contribution in [-0.2, 0) is 11.8 Å². The van der Waals surface area contributed by atoms with Gasteiger partial charge in [0.25, 0.3) is 0 Å². The molecule has 1 aliphatic heterocycles. The van der Waals surface area contributed by atoms with Gasteiger partial charge in [0.05, 0.1) is 12.5 Å². The van der Waals surface area contributed by atoms with E-state index in [4.69, 9.17) is 13.9 Å². The van der Waals surface area contributed by atoms with Crippen molar-refractivity contribution in [1.82, 2.24) is 0 Å². The highest BCUT2D eigenvalue weighted by Crippen LogP contribution is 2.50. The molecule has 4 rings (SSSR count). The van der Waals surface area contributed by atoms with E-state index in [1.165, 1.54) is 19.2 Å². The second-order valence-corrected chi connectivity index (χ2v) is 8.66. The van der Waals surface area contributed by atoms with Gasteiger partial charge in [-0.25, -0.2) is 0 Å². The minimum atomic E-state index is -0.445. The van der Waals surface area contributed by atoms with Crippen LogP contribution in [0.4, 0.5) is 0 Å². The largest absolute Gasteiger partial charge is 0.507 e. The van der Waals surface area contributed by atoms with Crippen LogP contribution in [0.5, 0.6) is 23.0 Å². The maximum atomic E-state index is 13.6. The van der Waals surface area contributed by atoms with Crippen LogP contribution >= 0.6 is 0 Å². The van der Waals surface area contributed by atoms with Crippen molar-refractivity contribution in [2.45, 2.75) is 52.6 Å². The Bertz CT molecular complexity index is 1280. The topological polar surface area (TPSA) is 89.1 Å². The van der Waals surface area contributed by atoms with E-state index in [-0.39, 0.29) is 50.7 Å². The van der Waals surface area contributed by atoms with Crippen LogP contribution in [0.2, 0.25) is 0 Å². The average molecular weight is 410 g/mol. The van der Waals surface area contributed by atoms with E-state index in [2.05, 4.69) is 0 Å². The van der Waals surface area contributed by atoms with Gasteiger partial charge in [-0.05, 0) is 38.8 Å². The van der Waals surface area contributed by atoms with Gasteiger partial charge in [0.15, 0.2) is 11.3 Å².